The van der Waals surface area contributed by atoms with Crippen molar-refractivity contribution in [3.63, 3.8) is 0 Å². The van der Waals surface area contributed by atoms with E-state index in [0.717, 1.165) is 25.1 Å². The standard InChI is InChI=1S/C15H28N2S/c1-7-16-15(8-11(2)3,9-12(4)5)14-17-13(6)10-18-14/h10-12,16H,7-9H2,1-6H3. The molecule has 18 heavy (non-hydrogen) atoms. The molecule has 0 aliphatic rings. The fourth-order valence-electron chi connectivity index (χ4n) is 2.78. The second-order valence-corrected chi connectivity index (χ2v) is 6.96. The summed E-state index contributed by atoms with van der Waals surface area (Å²) in [6.45, 7) is 14.5. The van der Waals surface area contributed by atoms with Crippen molar-refractivity contribution in [2.45, 2.75) is 59.9 Å². The lowest BCUT2D eigenvalue weighted by molar-refractivity contribution is 0.227. The summed E-state index contributed by atoms with van der Waals surface area (Å²) in [5.41, 5.74) is 1.21. The van der Waals surface area contributed by atoms with Crippen LogP contribution in [0.25, 0.3) is 0 Å². The van der Waals surface area contributed by atoms with Crippen LogP contribution in [0.15, 0.2) is 5.38 Å². The highest BCUT2D eigenvalue weighted by Crippen LogP contribution is 2.36. The van der Waals surface area contributed by atoms with Crippen LogP contribution in [0.5, 0.6) is 0 Å². The van der Waals surface area contributed by atoms with Gasteiger partial charge in [-0.2, -0.15) is 0 Å². The lowest BCUT2D eigenvalue weighted by Crippen LogP contribution is -2.44. The molecule has 0 fully saturated rings. The van der Waals surface area contributed by atoms with E-state index in [2.05, 4.69) is 52.2 Å². The average molecular weight is 268 g/mol. The quantitative estimate of drug-likeness (QED) is 0.795. The molecule has 1 aromatic rings. The van der Waals surface area contributed by atoms with Crippen LogP contribution in [-0.4, -0.2) is 11.5 Å². The zero-order valence-corrected chi connectivity index (χ0v) is 13.5. The summed E-state index contributed by atoms with van der Waals surface area (Å²) in [6.07, 6.45) is 2.32. The summed E-state index contributed by atoms with van der Waals surface area (Å²) in [5, 5.41) is 7.17. The molecular weight excluding hydrogens is 240 g/mol. The Morgan fingerprint density at radius 2 is 1.78 bits per heavy atom. The van der Waals surface area contributed by atoms with Crippen molar-refractivity contribution in [3.05, 3.63) is 16.1 Å². The van der Waals surface area contributed by atoms with Crippen molar-refractivity contribution in [2.75, 3.05) is 6.54 Å². The molecule has 0 aliphatic heterocycles. The van der Waals surface area contributed by atoms with Crippen molar-refractivity contribution >= 4 is 11.3 Å². The molecule has 0 saturated heterocycles. The number of aryl methyl sites for hydroxylation is 1. The topological polar surface area (TPSA) is 24.9 Å². The van der Waals surface area contributed by atoms with Crippen molar-refractivity contribution in [1.29, 1.82) is 0 Å². The fraction of sp³-hybridized carbons (Fsp3) is 0.800. The smallest absolute Gasteiger partial charge is 0.113 e. The molecule has 1 rings (SSSR count). The first-order valence-electron chi connectivity index (χ1n) is 7.07. The molecule has 0 saturated carbocycles. The first-order chi connectivity index (χ1) is 8.39. The normalized spacial score (nSPS) is 12.7. The Hall–Kier alpha value is -0.410. The van der Waals surface area contributed by atoms with Crippen molar-refractivity contribution < 1.29 is 0 Å². The lowest BCUT2D eigenvalue weighted by Gasteiger charge is -2.36. The van der Waals surface area contributed by atoms with Gasteiger partial charge in [0.25, 0.3) is 0 Å². The molecule has 2 nitrogen and oxygen atoms in total. The van der Waals surface area contributed by atoms with Gasteiger partial charge in [0.1, 0.15) is 5.01 Å². The van der Waals surface area contributed by atoms with Crippen molar-refractivity contribution in [3.8, 4) is 0 Å². The third-order valence-electron chi connectivity index (χ3n) is 3.06. The zero-order valence-electron chi connectivity index (χ0n) is 12.7. The molecule has 0 unspecified atom stereocenters. The summed E-state index contributed by atoms with van der Waals surface area (Å²) in [7, 11) is 0. The van der Waals surface area contributed by atoms with Crippen LogP contribution in [-0.2, 0) is 5.54 Å². The van der Waals surface area contributed by atoms with E-state index in [-0.39, 0.29) is 5.54 Å². The van der Waals surface area contributed by atoms with Gasteiger partial charge < -0.3 is 5.32 Å². The van der Waals surface area contributed by atoms with Gasteiger partial charge in [-0.1, -0.05) is 34.6 Å². The highest BCUT2D eigenvalue weighted by atomic mass is 32.1. The molecule has 0 atom stereocenters. The third-order valence-corrected chi connectivity index (χ3v) is 4.22. The van der Waals surface area contributed by atoms with Crippen molar-refractivity contribution in [1.82, 2.24) is 10.3 Å². The minimum absolute atomic E-state index is 0.0655. The summed E-state index contributed by atoms with van der Waals surface area (Å²) in [4.78, 5) is 4.76. The van der Waals surface area contributed by atoms with Gasteiger partial charge in [0.05, 0.1) is 5.54 Å². The molecule has 0 aliphatic carbocycles. The predicted octanol–water partition coefficient (Wildman–Crippen LogP) is 4.35. The first kappa shape index (κ1) is 15.6. The highest BCUT2D eigenvalue weighted by Gasteiger charge is 2.35. The average Bonchev–Trinajstić information content (AvgIpc) is 2.63. The summed E-state index contributed by atoms with van der Waals surface area (Å²) in [6, 6.07) is 0. The summed E-state index contributed by atoms with van der Waals surface area (Å²) < 4.78 is 0. The Kier molecular flexibility index (Phi) is 5.80. The van der Waals surface area contributed by atoms with E-state index < -0.39 is 0 Å². The number of hydrogen-bond acceptors (Lipinski definition) is 3. The van der Waals surface area contributed by atoms with Crippen LogP contribution < -0.4 is 5.32 Å². The minimum Gasteiger partial charge on any atom is -0.306 e. The second kappa shape index (κ2) is 6.67. The van der Waals surface area contributed by atoms with E-state index in [4.69, 9.17) is 4.98 Å². The molecule has 1 aromatic heterocycles. The van der Waals surface area contributed by atoms with Gasteiger partial charge in [-0.05, 0) is 38.1 Å². The predicted molar refractivity (Wildman–Crippen MR) is 81.1 cm³/mol. The van der Waals surface area contributed by atoms with Gasteiger partial charge in [-0.15, -0.1) is 11.3 Å². The van der Waals surface area contributed by atoms with Crippen LogP contribution in [0.4, 0.5) is 0 Å². The van der Waals surface area contributed by atoms with Gasteiger partial charge in [0, 0.05) is 11.1 Å². The Balaban J connectivity index is 3.09. The fourth-order valence-corrected chi connectivity index (χ4v) is 3.78. The van der Waals surface area contributed by atoms with Gasteiger partial charge in [-0.3, -0.25) is 0 Å². The van der Waals surface area contributed by atoms with Crippen LogP contribution in [0.3, 0.4) is 0 Å². The zero-order chi connectivity index (χ0) is 13.8. The molecule has 0 radical (unpaired) electrons. The van der Waals surface area contributed by atoms with Gasteiger partial charge in [0.2, 0.25) is 0 Å². The Morgan fingerprint density at radius 1 is 1.22 bits per heavy atom. The van der Waals surface area contributed by atoms with E-state index >= 15 is 0 Å². The number of hydrogen-bond donors (Lipinski definition) is 1. The molecule has 0 aromatic carbocycles. The number of nitrogens with one attached hydrogen (secondary N) is 1. The third kappa shape index (κ3) is 4.06. The summed E-state index contributed by atoms with van der Waals surface area (Å²) >= 11 is 1.81. The Labute approximate surface area is 116 Å². The van der Waals surface area contributed by atoms with Gasteiger partial charge >= 0.3 is 0 Å². The maximum atomic E-state index is 4.76. The molecule has 3 heteroatoms. The van der Waals surface area contributed by atoms with Gasteiger partial charge in [-0.25, -0.2) is 4.98 Å². The SMILES string of the molecule is CCNC(CC(C)C)(CC(C)C)c1nc(C)cs1. The first-order valence-corrected chi connectivity index (χ1v) is 7.95. The molecule has 1 heterocycles. The Bertz CT molecular complexity index is 345. The molecule has 0 bridgehead atoms. The highest BCUT2D eigenvalue weighted by molar-refractivity contribution is 7.09. The van der Waals surface area contributed by atoms with E-state index in [1.807, 2.05) is 0 Å². The molecule has 0 amide bonds. The minimum atomic E-state index is 0.0655. The van der Waals surface area contributed by atoms with Gasteiger partial charge in [0.15, 0.2) is 0 Å². The van der Waals surface area contributed by atoms with E-state index in [1.54, 1.807) is 11.3 Å². The van der Waals surface area contributed by atoms with Crippen molar-refractivity contribution in [2.24, 2.45) is 11.8 Å². The molecule has 0 spiro atoms. The van der Waals surface area contributed by atoms with Crippen LogP contribution >= 0.6 is 11.3 Å². The van der Waals surface area contributed by atoms with E-state index in [1.165, 1.54) is 5.01 Å². The lowest BCUT2D eigenvalue weighted by atomic mass is 9.82. The van der Waals surface area contributed by atoms with Crippen LogP contribution in [0.1, 0.15) is 58.2 Å². The molecule has 1 N–H and O–H groups in total. The van der Waals surface area contributed by atoms with E-state index in [9.17, 15) is 0 Å². The largest absolute Gasteiger partial charge is 0.306 e. The maximum absolute atomic E-state index is 4.76. The maximum Gasteiger partial charge on any atom is 0.113 e. The monoisotopic (exact) mass is 268 g/mol. The number of aromatic nitrogens is 1. The van der Waals surface area contributed by atoms with Crippen LogP contribution in [0, 0.1) is 18.8 Å². The number of thiazole rings is 1. The Morgan fingerprint density at radius 3 is 2.11 bits per heavy atom. The number of nitrogens with zero attached hydrogens (tertiary/aromatic N) is 1. The van der Waals surface area contributed by atoms with E-state index in [0.29, 0.717) is 11.8 Å². The molecule has 104 valence electrons. The molecular formula is C15H28N2S. The van der Waals surface area contributed by atoms with Crippen LogP contribution in [0.2, 0.25) is 0 Å². The number of rotatable bonds is 7. The summed E-state index contributed by atoms with van der Waals surface area (Å²) in [5.74, 6) is 1.35. The second-order valence-electron chi connectivity index (χ2n) is 6.10.